The first-order valence-electron chi connectivity index (χ1n) is 4.35. The molecule has 1 fully saturated rings. The van der Waals surface area contributed by atoms with Crippen molar-refractivity contribution in [2.24, 2.45) is 0 Å². The molecule has 1 rings (SSSR count). The van der Waals surface area contributed by atoms with Crippen LogP contribution in [0.4, 0.5) is 0 Å². The van der Waals surface area contributed by atoms with Crippen molar-refractivity contribution in [3.63, 3.8) is 0 Å². The van der Waals surface area contributed by atoms with Crippen molar-refractivity contribution in [1.82, 2.24) is 5.32 Å². The van der Waals surface area contributed by atoms with Gasteiger partial charge in [-0.15, -0.1) is 0 Å². The van der Waals surface area contributed by atoms with Crippen molar-refractivity contribution in [2.75, 3.05) is 26.4 Å². The zero-order valence-corrected chi connectivity index (χ0v) is 7.66. The Labute approximate surface area is 77.0 Å². The number of carbonyl (C=O) groups is 1. The predicted molar refractivity (Wildman–Crippen MR) is 45.2 cm³/mol. The number of rotatable bonds is 3. The number of hydrogen-bond acceptors (Lipinski definition) is 4. The van der Waals surface area contributed by atoms with Gasteiger partial charge in [-0.25, -0.2) is 0 Å². The number of nitrogens with one attached hydrogen (secondary N) is 1. The second-order valence-corrected chi connectivity index (χ2v) is 2.99. The van der Waals surface area contributed by atoms with Crippen molar-refractivity contribution in [3.8, 4) is 0 Å². The molecule has 5 heteroatoms. The maximum absolute atomic E-state index is 10.9. The molecule has 0 saturated carbocycles. The fraction of sp³-hybridized carbons (Fsp3) is 0.875. The molecular formula is C8H15NO4. The summed E-state index contributed by atoms with van der Waals surface area (Å²) in [5, 5.41) is 11.4. The van der Waals surface area contributed by atoms with E-state index in [1.807, 2.05) is 0 Å². The maximum Gasteiger partial charge on any atom is 0.248 e. The van der Waals surface area contributed by atoms with E-state index in [0.29, 0.717) is 26.4 Å². The Hall–Kier alpha value is -0.650. The van der Waals surface area contributed by atoms with E-state index in [9.17, 15) is 4.79 Å². The number of carbonyl (C=O) groups excluding carboxylic acids is 1. The zero-order valence-electron chi connectivity index (χ0n) is 7.66. The van der Waals surface area contributed by atoms with Crippen LogP contribution in [0.3, 0.4) is 0 Å². The molecule has 5 nitrogen and oxygen atoms in total. The van der Waals surface area contributed by atoms with E-state index in [4.69, 9.17) is 14.6 Å². The van der Waals surface area contributed by atoms with E-state index in [-0.39, 0.29) is 12.0 Å². The molecule has 1 heterocycles. The van der Waals surface area contributed by atoms with Crippen molar-refractivity contribution in [1.29, 1.82) is 0 Å². The van der Waals surface area contributed by atoms with Gasteiger partial charge in [-0.1, -0.05) is 0 Å². The van der Waals surface area contributed by atoms with Gasteiger partial charge in [0, 0.05) is 6.54 Å². The molecule has 0 aromatic carbocycles. The monoisotopic (exact) mass is 189 g/mol. The van der Waals surface area contributed by atoms with Crippen LogP contribution in [0.1, 0.15) is 6.92 Å². The quantitative estimate of drug-likeness (QED) is 0.591. The maximum atomic E-state index is 10.9. The summed E-state index contributed by atoms with van der Waals surface area (Å²) in [5.41, 5.74) is 0. The van der Waals surface area contributed by atoms with Gasteiger partial charge in [-0.3, -0.25) is 4.79 Å². The number of hydrogen-bond donors (Lipinski definition) is 2. The Morgan fingerprint density at radius 2 is 2.46 bits per heavy atom. The molecule has 1 saturated heterocycles. The van der Waals surface area contributed by atoms with E-state index in [2.05, 4.69) is 5.32 Å². The summed E-state index contributed by atoms with van der Waals surface area (Å²) in [6, 6.07) is 0. The van der Waals surface area contributed by atoms with Crippen LogP contribution in [-0.2, 0) is 14.3 Å². The first-order chi connectivity index (χ1) is 6.20. The van der Waals surface area contributed by atoms with E-state index < -0.39 is 6.10 Å². The van der Waals surface area contributed by atoms with Gasteiger partial charge in [0.2, 0.25) is 5.91 Å². The largest absolute Gasteiger partial charge is 0.384 e. The number of ether oxygens (including phenoxy) is 2. The average Bonchev–Trinajstić information content (AvgIpc) is 2.15. The molecule has 0 spiro atoms. The highest BCUT2D eigenvalue weighted by molar-refractivity contribution is 5.79. The van der Waals surface area contributed by atoms with Crippen LogP contribution < -0.4 is 5.32 Å². The third kappa shape index (κ3) is 3.71. The minimum absolute atomic E-state index is 0.0866. The van der Waals surface area contributed by atoms with Crippen molar-refractivity contribution in [3.05, 3.63) is 0 Å². The highest BCUT2D eigenvalue weighted by atomic mass is 16.6. The standard InChI is InChI=1S/C8H15NO4/c1-6(10)8(11)9-4-7-5-12-2-3-13-7/h6-7,10H,2-5H2,1H3,(H,9,11)/t6-,7?/m1/s1. The second-order valence-electron chi connectivity index (χ2n) is 2.99. The molecule has 2 N–H and O–H groups in total. The molecule has 13 heavy (non-hydrogen) atoms. The van der Waals surface area contributed by atoms with Crippen molar-refractivity contribution < 1.29 is 19.4 Å². The van der Waals surface area contributed by atoms with E-state index in [0.717, 1.165) is 0 Å². The molecule has 1 aliphatic rings. The van der Waals surface area contributed by atoms with Gasteiger partial charge < -0.3 is 19.9 Å². The molecule has 0 aromatic rings. The Morgan fingerprint density at radius 3 is 3.00 bits per heavy atom. The fourth-order valence-corrected chi connectivity index (χ4v) is 1.02. The number of amides is 1. The lowest BCUT2D eigenvalue weighted by atomic mass is 10.3. The Balaban J connectivity index is 2.13. The normalized spacial score (nSPS) is 25.2. The molecular weight excluding hydrogens is 174 g/mol. The first kappa shape index (κ1) is 10.4. The van der Waals surface area contributed by atoms with Gasteiger partial charge in [-0.05, 0) is 6.92 Å². The van der Waals surface area contributed by atoms with Gasteiger partial charge in [-0.2, -0.15) is 0 Å². The lowest BCUT2D eigenvalue weighted by Gasteiger charge is -2.23. The van der Waals surface area contributed by atoms with Crippen LogP contribution in [0.15, 0.2) is 0 Å². The van der Waals surface area contributed by atoms with Crippen LogP contribution >= 0.6 is 0 Å². The summed E-state index contributed by atoms with van der Waals surface area (Å²) >= 11 is 0. The van der Waals surface area contributed by atoms with Gasteiger partial charge in [0.1, 0.15) is 6.10 Å². The predicted octanol–water partition coefficient (Wildman–Crippen LogP) is -1.10. The molecule has 1 unspecified atom stereocenters. The molecule has 0 aromatic heterocycles. The SMILES string of the molecule is C[C@@H](O)C(=O)NCC1COCCO1. The molecule has 1 aliphatic heterocycles. The second kappa shape index (κ2) is 5.16. The lowest BCUT2D eigenvalue weighted by Crippen LogP contribution is -2.42. The smallest absolute Gasteiger partial charge is 0.248 e. The minimum atomic E-state index is -0.968. The fourth-order valence-electron chi connectivity index (χ4n) is 1.02. The van der Waals surface area contributed by atoms with Crippen LogP contribution in [0, 0.1) is 0 Å². The highest BCUT2D eigenvalue weighted by Crippen LogP contribution is 1.98. The van der Waals surface area contributed by atoms with E-state index >= 15 is 0 Å². The van der Waals surface area contributed by atoms with Gasteiger partial charge in [0.05, 0.1) is 25.9 Å². The summed E-state index contributed by atoms with van der Waals surface area (Å²) < 4.78 is 10.4. The topological polar surface area (TPSA) is 67.8 Å². The van der Waals surface area contributed by atoms with Gasteiger partial charge in [0.15, 0.2) is 0 Å². The van der Waals surface area contributed by atoms with Gasteiger partial charge in [0.25, 0.3) is 0 Å². The molecule has 0 radical (unpaired) electrons. The summed E-state index contributed by atoms with van der Waals surface area (Å²) in [4.78, 5) is 10.9. The minimum Gasteiger partial charge on any atom is -0.384 e. The lowest BCUT2D eigenvalue weighted by molar-refractivity contribution is -0.131. The van der Waals surface area contributed by atoms with Crippen LogP contribution in [0.2, 0.25) is 0 Å². The van der Waals surface area contributed by atoms with E-state index in [1.165, 1.54) is 6.92 Å². The zero-order chi connectivity index (χ0) is 9.68. The third-order valence-corrected chi connectivity index (χ3v) is 1.77. The molecule has 1 amide bonds. The van der Waals surface area contributed by atoms with Crippen molar-refractivity contribution >= 4 is 5.91 Å². The Morgan fingerprint density at radius 1 is 1.69 bits per heavy atom. The Bertz CT molecular complexity index is 166. The summed E-state index contributed by atoms with van der Waals surface area (Å²) in [6.45, 7) is 3.49. The van der Waals surface area contributed by atoms with Crippen molar-refractivity contribution in [2.45, 2.75) is 19.1 Å². The van der Waals surface area contributed by atoms with E-state index in [1.54, 1.807) is 0 Å². The third-order valence-electron chi connectivity index (χ3n) is 1.77. The number of aliphatic hydroxyl groups is 1. The molecule has 76 valence electrons. The Kier molecular flexibility index (Phi) is 4.14. The van der Waals surface area contributed by atoms with Crippen LogP contribution in [0.5, 0.6) is 0 Å². The number of aliphatic hydroxyl groups excluding tert-OH is 1. The molecule has 0 bridgehead atoms. The summed E-state index contributed by atoms with van der Waals surface area (Å²) in [7, 11) is 0. The summed E-state index contributed by atoms with van der Waals surface area (Å²) in [6.07, 6.45) is -1.05. The molecule has 2 atom stereocenters. The highest BCUT2D eigenvalue weighted by Gasteiger charge is 2.16. The average molecular weight is 189 g/mol. The van der Waals surface area contributed by atoms with Crippen LogP contribution in [0.25, 0.3) is 0 Å². The first-order valence-corrected chi connectivity index (χ1v) is 4.35. The summed E-state index contributed by atoms with van der Waals surface area (Å²) in [5.74, 6) is -0.380. The molecule has 0 aliphatic carbocycles. The van der Waals surface area contributed by atoms with Crippen LogP contribution in [-0.4, -0.2) is 49.6 Å². The van der Waals surface area contributed by atoms with Gasteiger partial charge >= 0.3 is 0 Å².